The van der Waals surface area contributed by atoms with Gasteiger partial charge in [0, 0.05) is 46.8 Å². The van der Waals surface area contributed by atoms with E-state index in [4.69, 9.17) is 23.7 Å². The van der Waals surface area contributed by atoms with Gasteiger partial charge >= 0.3 is 0 Å². The third-order valence-electron chi connectivity index (χ3n) is 9.08. The first-order valence-corrected chi connectivity index (χ1v) is 15.2. The fourth-order valence-electron chi connectivity index (χ4n) is 7.08. The summed E-state index contributed by atoms with van der Waals surface area (Å²) in [6, 6.07) is -4.09. The highest BCUT2D eigenvalue weighted by Crippen LogP contribution is 2.40. The third-order valence-corrected chi connectivity index (χ3v) is 9.08. The molecule has 19 heteroatoms. The summed E-state index contributed by atoms with van der Waals surface area (Å²) in [5, 5.41) is 93.1. The van der Waals surface area contributed by atoms with Crippen LogP contribution in [0.2, 0.25) is 0 Å². The Labute approximate surface area is 271 Å². The molecule has 0 spiro atoms. The van der Waals surface area contributed by atoms with E-state index in [1.807, 2.05) is 0 Å². The van der Waals surface area contributed by atoms with Crippen molar-refractivity contribution in [2.45, 2.75) is 112 Å². The average Bonchev–Trinajstić information content (AvgIpc) is 3.01. The number of hydrogen-bond acceptors (Lipinski definition) is 16. The van der Waals surface area contributed by atoms with Crippen LogP contribution in [0, 0.1) is 11.8 Å². The summed E-state index contributed by atoms with van der Waals surface area (Å²) in [6.07, 6.45) is -17.6. The Kier molecular flexibility index (Phi) is 14.2. The van der Waals surface area contributed by atoms with Crippen molar-refractivity contribution >= 4 is 17.7 Å². The number of carbonyl (C=O) groups is 3. The fourth-order valence-corrected chi connectivity index (χ4v) is 7.08. The summed E-state index contributed by atoms with van der Waals surface area (Å²) in [4.78, 5) is 36.4. The van der Waals surface area contributed by atoms with E-state index in [1.165, 1.54) is 14.2 Å². The number of rotatable bonds is 12. The van der Waals surface area contributed by atoms with Gasteiger partial charge in [0.2, 0.25) is 17.7 Å². The molecular weight excluding hydrogens is 634 g/mol. The largest absolute Gasteiger partial charge is 0.394 e. The molecule has 3 saturated heterocycles. The highest BCUT2D eigenvalue weighted by atomic mass is 16.6. The number of aliphatic hydroxyl groups is 8. The Morgan fingerprint density at radius 2 is 0.936 bits per heavy atom. The van der Waals surface area contributed by atoms with Crippen LogP contribution in [0.3, 0.4) is 0 Å². The quantitative estimate of drug-likeness (QED) is 0.0911. The number of amides is 3. The smallest absolute Gasteiger partial charge is 0.217 e. The highest BCUT2D eigenvalue weighted by Gasteiger charge is 2.59. The minimum atomic E-state index is -1.72. The highest BCUT2D eigenvalue weighted by molar-refractivity contribution is 5.74. The molecule has 19 nitrogen and oxygen atoms in total. The van der Waals surface area contributed by atoms with Crippen molar-refractivity contribution in [1.82, 2.24) is 16.0 Å². The molecule has 3 fully saturated rings. The first kappa shape index (κ1) is 39.3. The molecule has 3 heterocycles. The van der Waals surface area contributed by atoms with Crippen LogP contribution >= 0.6 is 0 Å². The van der Waals surface area contributed by atoms with Crippen LogP contribution in [-0.2, 0) is 38.1 Å². The average molecular weight is 684 g/mol. The summed E-state index contributed by atoms with van der Waals surface area (Å²) >= 11 is 0. The molecule has 11 N–H and O–H groups in total. The number of aliphatic hydroxyl groups excluding tert-OH is 8. The van der Waals surface area contributed by atoms with Crippen molar-refractivity contribution in [2.75, 3.05) is 34.0 Å². The maximum atomic E-state index is 12.5. The molecule has 0 aromatic heterocycles. The summed E-state index contributed by atoms with van der Waals surface area (Å²) in [7, 11) is 2.44. The molecule has 0 radical (unpaired) electrons. The van der Waals surface area contributed by atoms with E-state index in [1.54, 1.807) is 0 Å². The molecule has 0 bridgehead atoms. The lowest BCUT2D eigenvalue weighted by Gasteiger charge is -2.54. The fraction of sp³-hybridized carbons (Fsp3) is 0.893. The van der Waals surface area contributed by atoms with Gasteiger partial charge in [-0.05, 0) is 0 Å². The van der Waals surface area contributed by atoms with E-state index in [0.29, 0.717) is 0 Å². The van der Waals surface area contributed by atoms with Gasteiger partial charge in [-0.3, -0.25) is 14.4 Å². The zero-order chi connectivity index (χ0) is 35.3. The Balaban J connectivity index is 2.07. The van der Waals surface area contributed by atoms with Crippen LogP contribution in [0.15, 0.2) is 0 Å². The van der Waals surface area contributed by atoms with Gasteiger partial charge in [0.25, 0.3) is 0 Å². The van der Waals surface area contributed by atoms with Crippen LogP contribution in [-0.4, -0.2) is 184 Å². The van der Waals surface area contributed by atoms with Gasteiger partial charge in [-0.1, -0.05) is 0 Å². The molecule has 3 rings (SSSR count). The third kappa shape index (κ3) is 8.38. The minimum Gasteiger partial charge on any atom is -0.394 e. The van der Waals surface area contributed by atoms with E-state index in [9.17, 15) is 55.2 Å². The monoisotopic (exact) mass is 683 g/mol. The number of carbonyl (C=O) groups excluding carboxylic acids is 3. The summed E-state index contributed by atoms with van der Waals surface area (Å²) < 4.78 is 29.1. The van der Waals surface area contributed by atoms with Crippen LogP contribution in [0.5, 0.6) is 0 Å². The predicted octanol–water partition coefficient (Wildman–Crippen LogP) is -6.56. The van der Waals surface area contributed by atoms with E-state index in [-0.39, 0.29) is 0 Å². The van der Waals surface area contributed by atoms with Gasteiger partial charge in [-0.2, -0.15) is 0 Å². The minimum absolute atomic E-state index is 0.607. The lowest BCUT2D eigenvalue weighted by Crippen LogP contribution is -2.73. The number of methoxy groups -OCH3 is 2. The first-order valence-electron chi connectivity index (χ1n) is 15.2. The van der Waals surface area contributed by atoms with E-state index < -0.39 is 141 Å². The Morgan fingerprint density at radius 3 is 1.34 bits per heavy atom. The van der Waals surface area contributed by atoms with Crippen LogP contribution in [0.1, 0.15) is 20.8 Å². The molecule has 3 aliphatic rings. The first-order chi connectivity index (χ1) is 22.2. The van der Waals surface area contributed by atoms with Crippen molar-refractivity contribution in [2.24, 2.45) is 11.8 Å². The maximum Gasteiger partial charge on any atom is 0.217 e. The Hall–Kier alpha value is -2.11. The van der Waals surface area contributed by atoms with Gasteiger partial charge in [0.1, 0.15) is 36.6 Å². The lowest BCUT2D eigenvalue weighted by atomic mass is 9.73. The molecule has 0 saturated carbocycles. The molecule has 3 aliphatic heterocycles. The normalized spacial score (nSPS) is 42.2. The van der Waals surface area contributed by atoms with Crippen LogP contribution < -0.4 is 16.0 Å². The molecule has 3 amide bonds. The molecule has 17 atom stereocenters. The van der Waals surface area contributed by atoms with Crippen molar-refractivity contribution in [1.29, 1.82) is 0 Å². The topological polar surface area (TPSA) is 295 Å². The number of ether oxygens (including phenoxy) is 5. The lowest BCUT2D eigenvalue weighted by molar-refractivity contribution is -0.286. The number of nitrogens with one attached hydrogen (secondary N) is 3. The summed E-state index contributed by atoms with van der Waals surface area (Å²) in [5.41, 5.74) is 0. The van der Waals surface area contributed by atoms with Crippen LogP contribution in [0.25, 0.3) is 0 Å². The Morgan fingerprint density at radius 1 is 0.574 bits per heavy atom. The number of hydrogen-bond donors (Lipinski definition) is 11. The summed E-state index contributed by atoms with van der Waals surface area (Å²) in [5.74, 6) is -4.39. The second-order valence-corrected chi connectivity index (χ2v) is 12.1. The zero-order valence-corrected chi connectivity index (χ0v) is 26.8. The van der Waals surface area contributed by atoms with Crippen molar-refractivity contribution in [3.05, 3.63) is 0 Å². The van der Waals surface area contributed by atoms with E-state index in [0.717, 1.165) is 20.8 Å². The molecule has 272 valence electrons. The second kappa shape index (κ2) is 17.0. The molecular formula is C28H49N3O16. The van der Waals surface area contributed by atoms with Gasteiger partial charge in [0.05, 0.1) is 68.5 Å². The van der Waals surface area contributed by atoms with E-state index >= 15 is 0 Å². The molecule has 0 aromatic carbocycles. The Bertz CT molecular complexity index is 1060. The van der Waals surface area contributed by atoms with Gasteiger partial charge in [0.15, 0.2) is 6.29 Å². The van der Waals surface area contributed by atoms with Crippen molar-refractivity contribution < 1.29 is 78.9 Å². The SMILES string of the molecule is COC(C1OC(CO)C(C(OC)C2OC(CO)C(O)C(O)C2NC(C)=O)C(O)C1NC(C)=O)C1C(CO)OC(O)C(NC(C)=O)C1O. The van der Waals surface area contributed by atoms with Crippen molar-refractivity contribution in [3.63, 3.8) is 0 Å². The van der Waals surface area contributed by atoms with Crippen LogP contribution in [0.4, 0.5) is 0 Å². The standard InChI is InChI=1S/C28H49N3O16/c1-9(35)29-17-21(39)15(24(43-4)27-18(30-10(2)36)23(41)20(38)14(8-34)46-27)12(6-32)45-26(17)25(44-5)16-13(7-33)47-28(42)19(22(16)40)31-11(3)37/h12-28,32-34,38-42H,6-8H2,1-5H3,(H,29,35)(H,30,36)(H,31,37). The van der Waals surface area contributed by atoms with Gasteiger partial charge in [-0.15, -0.1) is 0 Å². The maximum absolute atomic E-state index is 12.5. The molecule has 17 unspecified atom stereocenters. The summed E-state index contributed by atoms with van der Waals surface area (Å²) in [6.45, 7) is 1.24. The van der Waals surface area contributed by atoms with Gasteiger partial charge < -0.3 is 80.5 Å². The van der Waals surface area contributed by atoms with Crippen molar-refractivity contribution in [3.8, 4) is 0 Å². The molecule has 47 heavy (non-hydrogen) atoms. The zero-order valence-electron chi connectivity index (χ0n) is 26.8. The van der Waals surface area contributed by atoms with Gasteiger partial charge in [-0.25, -0.2) is 0 Å². The molecule has 0 aliphatic carbocycles. The van der Waals surface area contributed by atoms with E-state index in [2.05, 4.69) is 16.0 Å². The predicted molar refractivity (Wildman–Crippen MR) is 155 cm³/mol. The second-order valence-electron chi connectivity index (χ2n) is 12.1. The molecule has 0 aromatic rings.